The van der Waals surface area contributed by atoms with Crippen molar-refractivity contribution in [3.05, 3.63) is 0 Å². The van der Waals surface area contributed by atoms with Crippen LogP contribution in [-0.4, -0.2) is 28.6 Å². The van der Waals surface area contributed by atoms with Gasteiger partial charge in [-0.15, -0.1) is 0 Å². The number of rotatable bonds is 1. The Kier molecular flexibility index (Phi) is 2.92. The first-order chi connectivity index (χ1) is 7.47. The second-order valence-corrected chi connectivity index (χ2v) is 4.49. The Morgan fingerprint density at radius 2 is 2.19 bits per heavy atom. The van der Waals surface area contributed by atoms with Crippen molar-refractivity contribution in [2.45, 2.75) is 19.0 Å². The van der Waals surface area contributed by atoms with Crippen molar-refractivity contribution in [2.24, 2.45) is 5.92 Å². The van der Waals surface area contributed by atoms with Crippen LogP contribution in [-0.2, 0) is 0 Å². The number of nitrogen functional groups attached to an aromatic ring is 1. The lowest BCUT2D eigenvalue weighted by Crippen LogP contribution is -2.41. The molecule has 0 spiro atoms. The van der Waals surface area contributed by atoms with E-state index in [1.54, 1.807) is 4.90 Å². The summed E-state index contributed by atoms with van der Waals surface area (Å²) in [5, 5.41) is 0.478. The average Bonchev–Trinajstić information content (AvgIpc) is 2.64. The first-order valence-electron chi connectivity index (χ1n) is 4.87. The molecule has 0 radical (unpaired) electrons. The van der Waals surface area contributed by atoms with Crippen molar-refractivity contribution >= 4 is 22.6 Å². The van der Waals surface area contributed by atoms with Gasteiger partial charge in [0.1, 0.15) is 0 Å². The highest BCUT2D eigenvalue weighted by molar-refractivity contribution is 7.09. The zero-order valence-electron chi connectivity index (χ0n) is 8.37. The van der Waals surface area contributed by atoms with Crippen LogP contribution in [0.1, 0.15) is 12.8 Å². The van der Waals surface area contributed by atoms with Gasteiger partial charge in [0.05, 0.1) is 5.92 Å². The highest BCUT2D eigenvalue weighted by Gasteiger charge is 2.42. The maximum atomic E-state index is 12.6. The number of halogens is 3. The minimum absolute atomic E-state index is 0.0435. The summed E-state index contributed by atoms with van der Waals surface area (Å²) in [6, 6.07) is 0. The van der Waals surface area contributed by atoms with Crippen LogP contribution in [0, 0.1) is 5.92 Å². The van der Waals surface area contributed by atoms with Gasteiger partial charge >= 0.3 is 6.18 Å². The lowest BCUT2D eigenvalue weighted by Gasteiger charge is -2.33. The third-order valence-corrected chi connectivity index (χ3v) is 3.38. The molecule has 8 heteroatoms. The molecule has 2 heterocycles. The molecule has 1 atom stereocenters. The van der Waals surface area contributed by atoms with Gasteiger partial charge in [0.2, 0.25) is 11.1 Å². The van der Waals surface area contributed by atoms with Crippen molar-refractivity contribution in [3.63, 3.8) is 0 Å². The fraction of sp³-hybridized carbons (Fsp3) is 0.750. The van der Waals surface area contributed by atoms with Crippen LogP contribution < -0.4 is 10.6 Å². The van der Waals surface area contributed by atoms with E-state index in [0.717, 1.165) is 11.5 Å². The van der Waals surface area contributed by atoms with Gasteiger partial charge in [-0.05, 0) is 12.8 Å². The van der Waals surface area contributed by atoms with Crippen molar-refractivity contribution in [1.82, 2.24) is 9.36 Å². The summed E-state index contributed by atoms with van der Waals surface area (Å²) < 4.78 is 41.4. The van der Waals surface area contributed by atoms with E-state index in [0.29, 0.717) is 18.1 Å². The number of nitrogens with two attached hydrogens (primary N) is 1. The van der Waals surface area contributed by atoms with Crippen LogP contribution in [0.3, 0.4) is 0 Å². The monoisotopic (exact) mass is 252 g/mol. The Hall–Kier alpha value is -1.05. The second-order valence-electron chi connectivity index (χ2n) is 3.76. The molecule has 1 unspecified atom stereocenters. The van der Waals surface area contributed by atoms with Gasteiger partial charge in [-0.2, -0.15) is 22.5 Å². The molecular formula is C8H11F3N4S. The number of aromatic nitrogens is 2. The number of hydrogen-bond donors (Lipinski definition) is 1. The topological polar surface area (TPSA) is 55.0 Å². The predicted octanol–water partition coefficient (Wildman–Crippen LogP) is 1.90. The van der Waals surface area contributed by atoms with E-state index in [4.69, 9.17) is 5.73 Å². The lowest BCUT2D eigenvalue weighted by atomic mass is 9.98. The highest BCUT2D eigenvalue weighted by atomic mass is 32.1. The van der Waals surface area contributed by atoms with Crippen LogP contribution in [0.5, 0.6) is 0 Å². The van der Waals surface area contributed by atoms with Crippen molar-refractivity contribution < 1.29 is 13.2 Å². The molecule has 0 aromatic carbocycles. The molecular weight excluding hydrogens is 241 g/mol. The molecule has 1 aromatic rings. The van der Waals surface area contributed by atoms with Crippen LogP contribution >= 0.6 is 11.5 Å². The van der Waals surface area contributed by atoms with E-state index < -0.39 is 12.1 Å². The summed E-state index contributed by atoms with van der Waals surface area (Å²) in [5.74, 6) is -1.15. The minimum Gasteiger partial charge on any atom is -0.367 e. The molecule has 0 bridgehead atoms. The second kappa shape index (κ2) is 4.08. The third-order valence-electron chi connectivity index (χ3n) is 2.59. The Morgan fingerprint density at radius 3 is 2.75 bits per heavy atom. The molecule has 4 nitrogen and oxygen atoms in total. The Bertz CT molecular complexity index is 364. The predicted molar refractivity (Wildman–Crippen MR) is 55.3 cm³/mol. The van der Waals surface area contributed by atoms with Gasteiger partial charge < -0.3 is 10.6 Å². The molecule has 0 amide bonds. The number of anilines is 2. The van der Waals surface area contributed by atoms with Crippen LogP contribution in [0.25, 0.3) is 0 Å². The number of piperidine rings is 1. The zero-order chi connectivity index (χ0) is 11.8. The van der Waals surface area contributed by atoms with Crippen molar-refractivity contribution in [2.75, 3.05) is 23.7 Å². The summed E-state index contributed by atoms with van der Waals surface area (Å²) >= 11 is 1.04. The van der Waals surface area contributed by atoms with Gasteiger partial charge in [0, 0.05) is 24.6 Å². The molecule has 0 aliphatic carbocycles. The van der Waals surface area contributed by atoms with Gasteiger partial charge in [-0.25, -0.2) is 0 Å². The molecule has 1 aliphatic rings. The largest absolute Gasteiger partial charge is 0.393 e. The van der Waals surface area contributed by atoms with Gasteiger partial charge in [0.25, 0.3) is 0 Å². The fourth-order valence-electron chi connectivity index (χ4n) is 1.77. The van der Waals surface area contributed by atoms with E-state index in [1.807, 2.05) is 0 Å². The summed E-state index contributed by atoms with van der Waals surface area (Å²) in [7, 11) is 0. The van der Waals surface area contributed by atoms with E-state index in [-0.39, 0.29) is 18.9 Å². The van der Waals surface area contributed by atoms with E-state index in [9.17, 15) is 13.2 Å². The maximum absolute atomic E-state index is 12.6. The van der Waals surface area contributed by atoms with E-state index in [1.165, 1.54) is 0 Å². The van der Waals surface area contributed by atoms with E-state index >= 15 is 0 Å². The molecule has 2 N–H and O–H groups in total. The quantitative estimate of drug-likeness (QED) is 0.829. The normalized spacial score (nSPS) is 22.4. The molecule has 90 valence electrons. The number of nitrogens with zero attached hydrogens (tertiary/aromatic N) is 3. The number of hydrogen-bond acceptors (Lipinski definition) is 5. The molecule has 1 fully saturated rings. The first-order valence-corrected chi connectivity index (χ1v) is 5.65. The third kappa shape index (κ3) is 2.37. The van der Waals surface area contributed by atoms with Gasteiger partial charge in [-0.3, -0.25) is 0 Å². The number of alkyl halides is 3. The van der Waals surface area contributed by atoms with Gasteiger partial charge in [-0.1, -0.05) is 0 Å². The SMILES string of the molecule is Nc1nsc(N2CCCC(C(F)(F)F)C2)n1. The molecule has 0 saturated carbocycles. The Balaban J connectivity index is 2.07. The lowest BCUT2D eigenvalue weighted by molar-refractivity contribution is -0.175. The fourth-order valence-corrected chi connectivity index (χ4v) is 2.40. The molecule has 1 aromatic heterocycles. The van der Waals surface area contributed by atoms with Crippen LogP contribution in [0.2, 0.25) is 0 Å². The summed E-state index contributed by atoms with van der Waals surface area (Å²) in [5.41, 5.74) is 5.35. The van der Waals surface area contributed by atoms with Gasteiger partial charge in [0.15, 0.2) is 0 Å². The van der Waals surface area contributed by atoms with E-state index in [2.05, 4.69) is 9.36 Å². The standard InChI is InChI=1S/C8H11F3N4S/c9-8(10,11)5-2-1-3-15(4-5)7-13-6(12)14-16-7/h5H,1-4H2,(H2,12,14). The molecule has 2 rings (SSSR count). The minimum atomic E-state index is -4.13. The van der Waals surface area contributed by atoms with Crippen LogP contribution in [0.15, 0.2) is 0 Å². The van der Waals surface area contributed by atoms with Crippen molar-refractivity contribution in [1.29, 1.82) is 0 Å². The smallest absolute Gasteiger partial charge is 0.367 e. The molecule has 16 heavy (non-hydrogen) atoms. The maximum Gasteiger partial charge on any atom is 0.393 e. The summed E-state index contributed by atoms with van der Waals surface area (Å²) in [6.45, 7) is 0.541. The average molecular weight is 252 g/mol. The summed E-state index contributed by atoms with van der Waals surface area (Å²) in [6.07, 6.45) is -3.42. The molecule has 1 aliphatic heterocycles. The molecule has 1 saturated heterocycles. The van der Waals surface area contributed by atoms with Crippen LogP contribution in [0.4, 0.5) is 24.3 Å². The Labute approximate surface area is 94.4 Å². The zero-order valence-corrected chi connectivity index (χ0v) is 9.18. The first kappa shape index (κ1) is 11.4. The summed E-state index contributed by atoms with van der Waals surface area (Å²) in [4.78, 5) is 5.50. The van der Waals surface area contributed by atoms with Crippen molar-refractivity contribution in [3.8, 4) is 0 Å². The Morgan fingerprint density at radius 1 is 1.44 bits per heavy atom. The highest BCUT2D eigenvalue weighted by Crippen LogP contribution is 2.35.